The standard InChI is InChI=1S/C21H26N2O5/c1-21(2,3)20(24)22(4)16-6-10-18(11-7-16)27-14-5-15-28-19-12-8-17(9-13-19)23(25)26/h6-13H,5,14-15H2,1-4H3. The van der Waals surface area contributed by atoms with Gasteiger partial charge in [-0.1, -0.05) is 20.8 Å². The lowest BCUT2D eigenvalue weighted by molar-refractivity contribution is -0.384. The van der Waals surface area contributed by atoms with Crippen LogP contribution in [-0.4, -0.2) is 31.1 Å². The molecule has 0 heterocycles. The second-order valence-corrected chi connectivity index (χ2v) is 7.41. The zero-order chi connectivity index (χ0) is 20.7. The van der Waals surface area contributed by atoms with Gasteiger partial charge in [0.05, 0.1) is 18.1 Å². The lowest BCUT2D eigenvalue weighted by Crippen LogP contribution is -2.36. The van der Waals surface area contributed by atoms with Crippen LogP contribution in [0.3, 0.4) is 0 Å². The summed E-state index contributed by atoms with van der Waals surface area (Å²) in [5.74, 6) is 1.35. The second kappa shape index (κ2) is 9.21. The largest absolute Gasteiger partial charge is 0.493 e. The van der Waals surface area contributed by atoms with Gasteiger partial charge in [0.2, 0.25) is 5.91 Å². The molecule has 0 unspecified atom stereocenters. The number of amides is 1. The summed E-state index contributed by atoms with van der Waals surface area (Å²) >= 11 is 0. The molecule has 0 N–H and O–H groups in total. The number of carbonyl (C=O) groups excluding carboxylic acids is 1. The van der Waals surface area contributed by atoms with Gasteiger partial charge in [0.1, 0.15) is 11.5 Å². The number of benzene rings is 2. The van der Waals surface area contributed by atoms with E-state index >= 15 is 0 Å². The Balaban J connectivity index is 1.74. The number of non-ortho nitro benzene ring substituents is 1. The molecule has 150 valence electrons. The van der Waals surface area contributed by atoms with Crippen molar-refractivity contribution in [3.8, 4) is 11.5 Å². The summed E-state index contributed by atoms with van der Waals surface area (Å²) in [5, 5.41) is 10.6. The van der Waals surface area contributed by atoms with Crippen molar-refractivity contribution in [3.63, 3.8) is 0 Å². The number of nitro groups is 1. The lowest BCUT2D eigenvalue weighted by Gasteiger charge is -2.26. The van der Waals surface area contributed by atoms with Crippen LogP contribution in [-0.2, 0) is 4.79 Å². The third kappa shape index (κ3) is 5.97. The quantitative estimate of drug-likeness (QED) is 0.380. The predicted molar refractivity (Wildman–Crippen MR) is 108 cm³/mol. The molecular weight excluding hydrogens is 360 g/mol. The molecule has 0 spiro atoms. The number of carbonyl (C=O) groups is 1. The molecule has 0 aromatic heterocycles. The van der Waals surface area contributed by atoms with E-state index in [1.54, 1.807) is 24.1 Å². The van der Waals surface area contributed by atoms with E-state index in [-0.39, 0.29) is 11.6 Å². The first-order valence-corrected chi connectivity index (χ1v) is 9.07. The Morgan fingerprint density at radius 1 is 0.964 bits per heavy atom. The van der Waals surface area contributed by atoms with E-state index in [1.165, 1.54) is 12.1 Å². The molecule has 0 aliphatic rings. The maximum absolute atomic E-state index is 12.3. The van der Waals surface area contributed by atoms with Crippen molar-refractivity contribution in [2.45, 2.75) is 27.2 Å². The molecule has 28 heavy (non-hydrogen) atoms. The van der Waals surface area contributed by atoms with E-state index in [4.69, 9.17) is 9.47 Å². The van der Waals surface area contributed by atoms with Crippen LogP contribution >= 0.6 is 0 Å². The van der Waals surface area contributed by atoms with Crippen LogP contribution in [0.2, 0.25) is 0 Å². The third-order valence-electron chi connectivity index (χ3n) is 4.04. The van der Waals surface area contributed by atoms with Crippen molar-refractivity contribution < 1.29 is 19.2 Å². The van der Waals surface area contributed by atoms with Gasteiger partial charge in [-0.25, -0.2) is 0 Å². The van der Waals surface area contributed by atoms with E-state index in [2.05, 4.69) is 0 Å². The highest BCUT2D eigenvalue weighted by atomic mass is 16.6. The zero-order valence-electron chi connectivity index (χ0n) is 16.7. The molecule has 0 bridgehead atoms. The first-order valence-electron chi connectivity index (χ1n) is 9.07. The van der Waals surface area contributed by atoms with Crippen LogP contribution in [0.5, 0.6) is 11.5 Å². The van der Waals surface area contributed by atoms with Gasteiger partial charge >= 0.3 is 0 Å². The number of nitrogens with zero attached hydrogens (tertiary/aromatic N) is 2. The molecule has 7 nitrogen and oxygen atoms in total. The van der Waals surface area contributed by atoms with Crippen LogP contribution in [0.1, 0.15) is 27.2 Å². The first-order chi connectivity index (χ1) is 13.2. The maximum Gasteiger partial charge on any atom is 0.269 e. The Kier molecular flexibility index (Phi) is 6.98. The van der Waals surface area contributed by atoms with Gasteiger partial charge in [0, 0.05) is 36.7 Å². The van der Waals surface area contributed by atoms with Crippen LogP contribution < -0.4 is 14.4 Å². The summed E-state index contributed by atoms with van der Waals surface area (Å²) in [6.07, 6.45) is 0.668. The van der Waals surface area contributed by atoms with Gasteiger partial charge in [0.15, 0.2) is 0 Å². The Morgan fingerprint density at radius 2 is 1.43 bits per heavy atom. The van der Waals surface area contributed by atoms with Crippen LogP contribution in [0.25, 0.3) is 0 Å². The summed E-state index contributed by atoms with van der Waals surface area (Å²) in [7, 11) is 1.76. The molecule has 0 saturated heterocycles. The van der Waals surface area contributed by atoms with Crippen molar-refractivity contribution in [2.75, 3.05) is 25.2 Å². The minimum Gasteiger partial charge on any atom is -0.493 e. The van der Waals surface area contributed by atoms with Gasteiger partial charge in [-0.3, -0.25) is 14.9 Å². The number of ether oxygens (including phenoxy) is 2. The number of rotatable bonds is 8. The molecule has 0 aliphatic heterocycles. The lowest BCUT2D eigenvalue weighted by atomic mass is 9.95. The van der Waals surface area contributed by atoms with E-state index in [9.17, 15) is 14.9 Å². The fraction of sp³-hybridized carbons (Fsp3) is 0.381. The van der Waals surface area contributed by atoms with Crippen molar-refractivity contribution >= 4 is 17.3 Å². The third-order valence-corrected chi connectivity index (χ3v) is 4.04. The molecule has 7 heteroatoms. The summed E-state index contributed by atoms with van der Waals surface area (Å²) in [4.78, 5) is 24.1. The molecule has 2 aromatic carbocycles. The zero-order valence-corrected chi connectivity index (χ0v) is 16.7. The Bertz CT molecular complexity index is 795. The normalized spacial score (nSPS) is 11.0. The molecule has 0 fully saturated rings. The van der Waals surface area contributed by atoms with Gasteiger partial charge in [-0.2, -0.15) is 0 Å². The van der Waals surface area contributed by atoms with Gasteiger partial charge < -0.3 is 14.4 Å². The Hall–Kier alpha value is -3.09. The smallest absolute Gasteiger partial charge is 0.269 e. The molecule has 2 rings (SSSR count). The summed E-state index contributed by atoms with van der Waals surface area (Å²) < 4.78 is 11.2. The maximum atomic E-state index is 12.3. The van der Waals surface area contributed by atoms with E-state index in [0.29, 0.717) is 25.4 Å². The number of hydrogen-bond acceptors (Lipinski definition) is 5. The van der Waals surface area contributed by atoms with E-state index < -0.39 is 10.3 Å². The van der Waals surface area contributed by atoms with Crippen molar-refractivity contribution in [1.82, 2.24) is 0 Å². The van der Waals surface area contributed by atoms with Gasteiger partial charge in [-0.15, -0.1) is 0 Å². The summed E-state index contributed by atoms with van der Waals surface area (Å²) in [5.41, 5.74) is 0.413. The minimum absolute atomic E-state index is 0.0361. The highest BCUT2D eigenvalue weighted by molar-refractivity contribution is 5.96. The van der Waals surface area contributed by atoms with Crippen LogP contribution in [0.4, 0.5) is 11.4 Å². The first kappa shape index (κ1) is 21.2. The SMILES string of the molecule is CN(C(=O)C(C)(C)C)c1ccc(OCCCOc2ccc([N+](=O)[O-])cc2)cc1. The van der Waals surface area contributed by atoms with Crippen molar-refractivity contribution in [1.29, 1.82) is 0 Å². The molecule has 0 aliphatic carbocycles. The van der Waals surface area contributed by atoms with Crippen molar-refractivity contribution in [3.05, 3.63) is 58.6 Å². The molecule has 0 atom stereocenters. The molecule has 0 saturated carbocycles. The fourth-order valence-electron chi connectivity index (χ4n) is 2.49. The Morgan fingerprint density at radius 3 is 1.86 bits per heavy atom. The number of nitro benzene ring substituents is 1. The number of anilines is 1. The molecule has 0 radical (unpaired) electrons. The summed E-state index contributed by atoms with van der Waals surface area (Å²) in [6, 6.07) is 13.3. The van der Waals surface area contributed by atoms with Crippen LogP contribution in [0, 0.1) is 15.5 Å². The Labute approximate surface area is 165 Å². The molecule has 2 aromatic rings. The summed E-state index contributed by atoms with van der Waals surface area (Å²) in [6.45, 7) is 6.59. The highest BCUT2D eigenvalue weighted by Crippen LogP contribution is 2.24. The van der Waals surface area contributed by atoms with Crippen molar-refractivity contribution in [2.24, 2.45) is 5.41 Å². The second-order valence-electron chi connectivity index (χ2n) is 7.41. The topological polar surface area (TPSA) is 81.9 Å². The van der Waals surface area contributed by atoms with E-state index in [0.717, 1.165) is 11.4 Å². The molecular formula is C21H26N2O5. The monoisotopic (exact) mass is 386 g/mol. The van der Waals surface area contributed by atoms with Crippen LogP contribution in [0.15, 0.2) is 48.5 Å². The number of hydrogen-bond donors (Lipinski definition) is 0. The minimum atomic E-state index is -0.445. The van der Waals surface area contributed by atoms with Gasteiger partial charge in [-0.05, 0) is 36.4 Å². The fourth-order valence-corrected chi connectivity index (χ4v) is 2.49. The van der Waals surface area contributed by atoms with Gasteiger partial charge in [0.25, 0.3) is 5.69 Å². The highest BCUT2D eigenvalue weighted by Gasteiger charge is 2.25. The van der Waals surface area contributed by atoms with E-state index in [1.807, 2.05) is 45.0 Å². The predicted octanol–water partition coefficient (Wildman–Crippen LogP) is 4.45. The molecule has 1 amide bonds. The average Bonchev–Trinajstić information content (AvgIpc) is 2.66. The average molecular weight is 386 g/mol.